The molecule has 4 heteroatoms. The van der Waals surface area contributed by atoms with E-state index in [2.05, 4.69) is 36.1 Å². The molecule has 1 atom stereocenters. The Kier molecular flexibility index (Phi) is 5.33. The summed E-state index contributed by atoms with van der Waals surface area (Å²) >= 11 is 1.85. The standard InChI is InChI=1S/C10H21N3S/c1-4-13(3)7-6-11-10-12-9(2)5-8-14-10/h9H,4-8H2,1-3H3,(H,11,12). The zero-order valence-corrected chi connectivity index (χ0v) is 10.2. The maximum Gasteiger partial charge on any atom is 0.156 e. The van der Waals surface area contributed by atoms with Crippen molar-refractivity contribution in [2.24, 2.45) is 4.99 Å². The number of thioether (sulfide) groups is 1. The predicted octanol–water partition coefficient (Wildman–Crippen LogP) is 1.41. The van der Waals surface area contributed by atoms with Crippen molar-refractivity contribution in [2.75, 3.05) is 32.4 Å². The van der Waals surface area contributed by atoms with Gasteiger partial charge in [-0.3, -0.25) is 4.99 Å². The molecule has 0 spiro atoms. The molecule has 0 aliphatic carbocycles. The summed E-state index contributed by atoms with van der Waals surface area (Å²) in [6.45, 7) is 7.45. The number of likely N-dealkylation sites (N-methyl/N-ethyl adjacent to an activating group) is 1. The van der Waals surface area contributed by atoms with Crippen LogP contribution in [0.3, 0.4) is 0 Å². The topological polar surface area (TPSA) is 27.6 Å². The lowest BCUT2D eigenvalue weighted by atomic mass is 10.3. The first-order valence-corrected chi connectivity index (χ1v) is 6.33. The van der Waals surface area contributed by atoms with Crippen LogP contribution in [0, 0.1) is 0 Å². The Bertz CT molecular complexity index is 194. The van der Waals surface area contributed by atoms with Crippen molar-refractivity contribution in [2.45, 2.75) is 26.3 Å². The molecule has 1 aliphatic rings. The van der Waals surface area contributed by atoms with E-state index < -0.39 is 0 Å². The number of aliphatic imine (C=N–C) groups is 1. The Morgan fingerprint density at radius 1 is 1.64 bits per heavy atom. The van der Waals surface area contributed by atoms with Crippen molar-refractivity contribution in [1.82, 2.24) is 10.2 Å². The Morgan fingerprint density at radius 3 is 3.07 bits per heavy atom. The van der Waals surface area contributed by atoms with Crippen molar-refractivity contribution in [3.05, 3.63) is 0 Å². The molecule has 1 unspecified atom stereocenters. The van der Waals surface area contributed by atoms with Crippen LogP contribution < -0.4 is 5.32 Å². The minimum atomic E-state index is 0.596. The van der Waals surface area contributed by atoms with Gasteiger partial charge in [-0.15, -0.1) is 0 Å². The fourth-order valence-corrected chi connectivity index (χ4v) is 2.36. The number of nitrogens with one attached hydrogen (secondary N) is 1. The van der Waals surface area contributed by atoms with Crippen LogP contribution >= 0.6 is 11.8 Å². The summed E-state index contributed by atoms with van der Waals surface area (Å²) in [5, 5.41) is 4.54. The van der Waals surface area contributed by atoms with Gasteiger partial charge in [-0.05, 0) is 26.9 Å². The highest BCUT2D eigenvalue weighted by molar-refractivity contribution is 8.13. The monoisotopic (exact) mass is 215 g/mol. The molecular formula is C10H21N3S. The van der Waals surface area contributed by atoms with Gasteiger partial charge in [0.15, 0.2) is 5.17 Å². The van der Waals surface area contributed by atoms with Crippen LogP contribution in [-0.4, -0.2) is 48.5 Å². The van der Waals surface area contributed by atoms with E-state index in [0.717, 1.165) is 24.8 Å². The fraction of sp³-hybridized carbons (Fsp3) is 0.900. The van der Waals surface area contributed by atoms with E-state index in [0.29, 0.717) is 6.04 Å². The summed E-state index contributed by atoms with van der Waals surface area (Å²) < 4.78 is 0. The lowest BCUT2D eigenvalue weighted by Crippen LogP contribution is -2.36. The van der Waals surface area contributed by atoms with Gasteiger partial charge in [0.25, 0.3) is 0 Å². The quantitative estimate of drug-likeness (QED) is 0.768. The summed E-state index contributed by atoms with van der Waals surface area (Å²) in [5.41, 5.74) is 0. The van der Waals surface area contributed by atoms with Crippen molar-refractivity contribution >= 4 is 16.9 Å². The van der Waals surface area contributed by atoms with E-state index in [-0.39, 0.29) is 0 Å². The number of hydrogen-bond acceptors (Lipinski definition) is 3. The largest absolute Gasteiger partial charge is 0.362 e. The van der Waals surface area contributed by atoms with E-state index in [1.54, 1.807) is 0 Å². The SMILES string of the molecule is CCN(C)CCN=C1NC(C)CCS1. The van der Waals surface area contributed by atoms with Crippen molar-refractivity contribution in [3.8, 4) is 0 Å². The molecule has 0 bridgehead atoms. The highest BCUT2D eigenvalue weighted by Gasteiger charge is 2.12. The van der Waals surface area contributed by atoms with E-state index in [4.69, 9.17) is 0 Å². The van der Waals surface area contributed by atoms with Crippen molar-refractivity contribution in [3.63, 3.8) is 0 Å². The van der Waals surface area contributed by atoms with Crippen molar-refractivity contribution in [1.29, 1.82) is 0 Å². The van der Waals surface area contributed by atoms with Crippen LogP contribution in [0.15, 0.2) is 4.99 Å². The molecule has 1 N–H and O–H groups in total. The summed E-state index contributed by atoms with van der Waals surface area (Å²) in [6, 6.07) is 0.596. The maximum absolute atomic E-state index is 4.55. The number of nitrogens with zero attached hydrogens (tertiary/aromatic N) is 2. The summed E-state index contributed by atoms with van der Waals surface area (Å²) in [7, 11) is 2.13. The number of rotatable bonds is 4. The molecule has 0 aromatic carbocycles. The molecule has 1 saturated heterocycles. The third-order valence-electron chi connectivity index (χ3n) is 2.44. The lowest BCUT2D eigenvalue weighted by molar-refractivity contribution is 0.363. The molecule has 0 amide bonds. The maximum atomic E-state index is 4.55. The summed E-state index contributed by atoms with van der Waals surface area (Å²) in [5.74, 6) is 1.20. The molecule has 1 aliphatic heterocycles. The average Bonchev–Trinajstić information content (AvgIpc) is 2.17. The number of amidine groups is 1. The van der Waals surface area contributed by atoms with Crippen LogP contribution in [-0.2, 0) is 0 Å². The van der Waals surface area contributed by atoms with Gasteiger partial charge in [0.2, 0.25) is 0 Å². The van der Waals surface area contributed by atoms with Gasteiger partial charge in [0, 0.05) is 18.3 Å². The Hall–Kier alpha value is -0.220. The fourth-order valence-electron chi connectivity index (χ4n) is 1.23. The number of hydrogen-bond donors (Lipinski definition) is 1. The molecule has 0 radical (unpaired) electrons. The zero-order valence-electron chi connectivity index (χ0n) is 9.42. The van der Waals surface area contributed by atoms with Crippen LogP contribution in [0.2, 0.25) is 0 Å². The molecule has 14 heavy (non-hydrogen) atoms. The molecule has 1 fully saturated rings. The molecule has 1 heterocycles. The highest BCUT2D eigenvalue weighted by Crippen LogP contribution is 2.13. The first-order chi connectivity index (χ1) is 6.72. The van der Waals surface area contributed by atoms with Gasteiger partial charge in [-0.2, -0.15) is 0 Å². The summed E-state index contributed by atoms with van der Waals surface area (Å²) in [4.78, 5) is 6.83. The van der Waals surface area contributed by atoms with E-state index in [1.807, 2.05) is 11.8 Å². The Labute approximate surface area is 91.3 Å². The molecule has 0 aromatic heterocycles. The van der Waals surface area contributed by atoms with Crippen LogP contribution in [0.4, 0.5) is 0 Å². The minimum absolute atomic E-state index is 0.596. The Balaban J connectivity index is 2.22. The van der Waals surface area contributed by atoms with E-state index in [1.165, 1.54) is 12.2 Å². The average molecular weight is 215 g/mol. The minimum Gasteiger partial charge on any atom is -0.362 e. The smallest absolute Gasteiger partial charge is 0.156 e. The molecule has 3 nitrogen and oxygen atoms in total. The van der Waals surface area contributed by atoms with Gasteiger partial charge in [0.1, 0.15) is 0 Å². The first kappa shape index (κ1) is 11.9. The van der Waals surface area contributed by atoms with E-state index in [9.17, 15) is 0 Å². The van der Waals surface area contributed by atoms with Crippen LogP contribution in [0.5, 0.6) is 0 Å². The highest BCUT2D eigenvalue weighted by atomic mass is 32.2. The van der Waals surface area contributed by atoms with Gasteiger partial charge < -0.3 is 10.2 Å². The van der Waals surface area contributed by atoms with E-state index >= 15 is 0 Å². The second-order valence-electron chi connectivity index (χ2n) is 3.77. The van der Waals surface area contributed by atoms with Gasteiger partial charge in [-0.1, -0.05) is 18.7 Å². The van der Waals surface area contributed by atoms with Gasteiger partial charge >= 0.3 is 0 Å². The third kappa shape index (κ3) is 4.33. The van der Waals surface area contributed by atoms with Crippen LogP contribution in [0.25, 0.3) is 0 Å². The van der Waals surface area contributed by atoms with Gasteiger partial charge in [0.05, 0.1) is 6.54 Å². The van der Waals surface area contributed by atoms with Crippen molar-refractivity contribution < 1.29 is 0 Å². The zero-order chi connectivity index (χ0) is 10.4. The Morgan fingerprint density at radius 2 is 2.43 bits per heavy atom. The molecular weight excluding hydrogens is 194 g/mol. The predicted molar refractivity (Wildman–Crippen MR) is 65.1 cm³/mol. The molecule has 0 saturated carbocycles. The molecule has 1 rings (SSSR count). The second kappa shape index (κ2) is 6.30. The molecule has 82 valence electrons. The third-order valence-corrected chi connectivity index (χ3v) is 3.40. The summed E-state index contributed by atoms with van der Waals surface area (Å²) in [6.07, 6.45) is 1.25. The normalized spacial score (nSPS) is 25.4. The molecule has 0 aromatic rings. The van der Waals surface area contributed by atoms with Crippen LogP contribution in [0.1, 0.15) is 20.3 Å². The second-order valence-corrected chi connectivity index (χ2v) is 4.85. The lowest BCUT2D eigenvalue weighted by Gasteiger charge is -2.22. The first-order valence-electron chi connectivity index (χ1n) is 5.34. The van der Waals surface area contributed by atoms with Gasteiger partial charge in [-0.25, -0.2) is 0 Å².